The van der Waals surface area contributed by atoms with Crippen LogP contribution in [0.1, 0.15) is 28.8 Å². The van der Waals surface area contributed by atoms with E-state index in [1.54, 1.807) is 12.4 Å². The minimum atomic E-state index is 0.0944. The van der Waals surface area contributed by atoms with Gasteiger partial charge in [-0.3, -0.25) is 9.89 Å². The van der Waals surface area contributed by atoms with Crippen LogP contribution in [0.25, 0.3) is 0 Å². The summed E-state index contributed by atoms with van der Waals surface area (Å²) in [5.74, 6) is 0.780. The summed E-state index contributed by atoms with van der Waals surface area (Å²) in [7, 11) is 0. The molecule has 0 radical (unpaired) electrons. The first-order valence-corrected chi connectivity index (χ1v) is 7.15. The molecular weight excluding hydrogens is 250 g/mol. The highest BCUT2D eigenvalue weighted by Gasteiger charge is 2.24. The molecule has 1 aromatic heterocycles. The van der Waals surface area contributed by atoms with Gasteiger partial charge in [0.2, 0.25) is 0 Å². The molecule has 1 amide bonds. The van der Waals surface area contributed by atoms with Gasteiger partial charge < -0.3 is 4.90 Å². The molecule has 20 heavy (non-hydrogen) atoms. The molecule has 1 aliphatic rings. The Hall–Kier alpha value is -2.10. The zero-order valence-corrected chi connectivity index (χ0v) is 11.5. The van der Waals surface area contributed by atoms with Crippen molar-refractivity contribution in [1.82, 2.24) is 15.1 Å². The van der Waals surface area contributed by atoms with Gasteiger partial charge in [0.15, 0.2) is 0 Å². The maximum absolute atomic E-state index is 12.2. The standard InChI is InChI=1S/C16H19N3O/c20-16(15-11-17-18-12-15)19-8-6-14(7-9-19)10-13-4-2-1-3-5-13/h1-5,11-12,14H,6-10H2,(H,17,18). The first kappa shape index (κ1) is 12.9. The Morgan fingerprint density at radius 2 is 2.00 bits per heavy atom. The van der Waals surface area contributed by atoms with Crippen molar-refractivity contribution in [3.8, 4) is 0 Å². The van der Waals surface area contributed by atoms with Crippen LogP contribution in [-0.4, -0.2) is 34.1 Å². The third kappa shape index (κ3) is 2.90. The molecule has 2 aromatic rings. The summed E-state index contributed by atoms with van der Waals surface area (Å²) in [6.45, 7) is 1.70. The lowest BCUT2D eigenvalue weighted by Crippen LogP contribution is -2.38. The third-order valence-corrected chi connectivity index (χ3v) is 4.01. The number of aromatic amines is 1. The van der Waals surface area contributed by atoms with Crippen LogP contribution in [0.3, 0.4) is 0 Å². The quantitative estimate of drug-likeness (QED) is 0.930. The van der Waals surface area contributed by atoms with Crippen molar-refractivity contribution in [3.05, 3.63) is 53.9 Å². The molecule has 0 saturated carbocycles. The normalized spacial score (nSPS) is 16.3. The number of nitrogens with one attached hydrogen (secondary N) is 1. The Balaban J connectivity index is 1.53. The van der Waals surface area contributed by atoms with Crippen LogP contribution >= 0.6 is 0 Å². The lowest BCUT2D eigenvalue weighted by molar-refractivity contribution is 0.0690. The second-order valence-electron chi connectivity index (χ2n) is 5.41. The maximum Gasteiger partial charge on any atom is 0.257 e. The summed E-state index contributed by atoms with van der Waals surface area (Å²) in [6, 6.07) is 10.6. The van der Waals surface area contributed by atoms with Crippen LogP contribution < -0.4 is 0 Å². The van der Waals surface area contributed by atoms with Gasteiger partial charge in [-0.15, -0.1) is 0 Å². The Morgan fingerprint density at radius 1 is 1.25 bits per heavy atom. The second-order valence-corrected chi connectivity index (χ2v) is 5.41. The van der Waals surface area contributed by atoms with Crippen molar-refractivity contribution in [2.75, 3.05) is 13.1 Å². The van der Waals surface area contributed by atoms with Crippen molar-refractivity contribution in [3.63, 3.8) is 0 Å². The van der Waals surface area contributed by atoms with E-state index in [1.807, 2.05) is 4.90 Å². The summed E-state index contributed by atoms with van der Waals surface area (Å²) in [4.78, 5) is 14.1. The van der Waals surface area contributed by atoms with E-state index < -0.39 is 0 Å². The van der Waals surface area contributed by atoms with E-state index >= 15 is 0 Å². The largest absolute Gasteiger partial charge is 0.339 e. The highest BCUT2D eigenvalue weighted by atomic mass is 16.2. The van der Waals surface area contributed by atoms with Gasteiger partial charge in [0.25, 0.3) is 5.91 Å². The smallest absolute Gasteiger partial charge is 0.257 e. The van der Waals surface area contributed by atoms with Gasteiger partial charge in [0.1, 0.15) is 0 Å². The van der Waals surface area contributed by atoms with E-state index in [0.717, 1.165) is 32.4 Å². The fourth-order valence-electron chi connectivity index (χ4n) is 2.84. The van der Waals surface area contributed by atoms with E-state index in [0.29, 0.717) is 11.5 Å². The van der Waals surface area contributed by atoms with E-state index in [4.69, 9.17) is 0 Å². The molecule has 1 fully saturated rings. The van der Waals surface area contributed by atoms with E-state index in [9.17, 15) is 4.79 Å². The molecule has 0 aliphatic carbocycles. The minimum Gasteiger partial charge on any atom is -0.339 e. The fourth-order valence-corrected chi connectivity index (χ4v) is 2.84. The Kier molecular flexibility index (Phi) is 3.81. The van der Waals surface area contributed by atoms with Crippen LogP contribution in [0.15, 0.2) is 42.7 Å². The monoisotopic (exact) mass is 269 g/mol. The summed E-state index contributed by atoms with van der Waals surface area (Å²) < 4.78 is 0. The van der Waals surface area contributed by atoms with Gasteiger partial charge in [0.05, 0.1) is 11.8 Å². The van der Waals surface area contributed by atoms with Gasteiger partial charge in [0, 0.05) is 19.3 Å². The number of nitrogens with zero attached hydrogens (tertiary/aromatic N) is 2. The number of carbonyl (C=O) groups excluding carboxylic acids is 1. The van der Waals surface area contributed by atoms with Crippen molar-refractivity contribution < 1.29 is 4.79 Å². The molecule has 0 bridgehead atoms. The molecule has 1 N–H and O–H groups in total. The third-order valence-electron chi connectivity index (χ3n) is 4.01. The number of amides is 1. The lowest BCUT2D eigenvalue weighted by Gasteiger charge is -2.31. The number of benzene rings is 1. The summed E-state index contributed by atoms with van der Waals surface area (Å²) >= 11 is 0. The highest BCUT2D eigenvalue weighted by Crippen LogP contribution is 2.22. The Morgan fingerprint density at radius 3 is 2.65 bits per heavy atom. The van der Waals surface area contributed by atoms with Crippen molar-refractivity contribution in [2.45, 2.75) is 19.3 Å². The van der Waals surface area contributed by atoms with Gasteiger partial charge in [-0.2, -0.15) is 5.10 Å². The average molecular weight is 269 g/mol. The molecule has 0 spiro atoms. The molecule has 4 nitrogen and oxygen atoms in total. The minimum absolute atomic E-state index is 0.0944. The second kappa shape index (κ2) is 5.90. The molecule has 2 heterocycles. The van der Waals surface area contributed by atoms with Crippen LogP contribution in [0.2, 0.25) is 0 Å². The number of piperidine rings is 1. The predicted molar refractivity (Wildman–Crippen MR) is 77.4 cm³/mol. The molecular formula is C16H19N3O. The first-order valence-electron chi connectivity index (χ1n) is 7.15. The lowest BCUT2D eigenvalue weighted by atomic mass is 9.90. The summed E-state index contributed by atoms with van der Waals surface area (Å²) in [5, 5.41) is 6.53. The van der Waals surface area contributed by atoms with Crippen molar-refractivity contribution in [2.24, 2.45) is 5.92 Å². The van der Waals surface area contributed by atoms with Crippen LogP contribution in [0.5, 0.6) is 0 Å². The number of hydrogen-bond acceptors (Lipinski definition) is 2. The van der Waals surface area contributed by atoms with E-state index in [1.165, 1.54) is 5.56 Å². The number of hydrogen-bond donors (Lipinski definition) is 1. The number of carbonyl (C=O) groups is 1. The molecule has 1 saturated heterocycles. The molecule has 0 unspecified atom stereocenters. The number of rotatable bonds is 3. The topological polar surface area (TPSA) is 49.0 Å². The molecule has 1 aliphatic heterocycles. The fraction of sp³-hybridized carbons (Fsp3) is 0.375. The van der Waals surface area contributed by atoms with Crippen molar-refractivity contribution >= 4 is 5.91 Å². The molecule has 0 atom stereocenters. The van der Waals surface area contributed by atoms with Crippen molar-refractivity contribution in [1.29, 1.82) is 0 Å². The summed E-state index contributed by atoms with van der Waals surface area (Å²) in [6.07, 6.45) is 6.54. The SMILES string of the molecule is O=C(c1cn[nH]c1)N1CCC(Cc2ccccc2)CC1. The molecule has 1 aromatic carbocycles. The maximum atomic E-state index is 12.2. The highest BCUT2D eigenvalue weighted by molar-refractivity contribution is 5.93. The predicted octanol–water partition coefficient (Wildman–Crippen LogP) is 2.50. The van der Waals surface area contributed by atoms with E-state index in [-0.39, 0.29) is 5.91 Å². The van der Waals surface area contributed by atoms with Gasteiger partial charge in [-0.05, 0) is 30.7 Å². The van der Waals surface area contributed by atoms with Gasteiger partial charge in [-0.25, -0.2) is 0 Å². The first-order chi connectivity index (χ1) is 9.83. The number of H-pyrrole nitrogens is 1. The zero-order valence-electron chi connectivity index (χ0n) is 11.5. The van der Waals surface area contributed by atoms with Crippen LogP contribution in [0.4, 0.5) is 0 Å². The van der Waals surface area contributed by atoms with E-state index in [2.05, 4.69) is 40.5 Å². The molecule has 3 rings (SSSR count). The molecule has 4 heteroatoms. The Bertz CT molecular complexity index is 542. The average Bonchev–Trinajstić information content (AvgIpc) is 3.03. The molecule has 104 valence electrons. The van der Waals surface area contributed by atoms with Crippen LogP contribution in [-0.2, 0) is 6.42 Å². The van der Waals surface area contributed by atoms with Gasteiger partial charge in [-0.1, -0.05) is 30.3 Å². The zero-order chi connectivity index (χ0) is 13.8. The van der Waals surface area contributed by atoms with Crippen LogP contribution in [0, 0.1) is 5.92 Å². The number of likely N-dealkylation sites (tertiary alicyclic amines) is 1. The van der Waals surface area contributed by atoms with Gasteiger partial charge >= 0.3 is 0 Å². The Labute approximate surface area is 118 Å². The number of aromatic nitrogens is 2. The summed E-state index contributed by atoms with van der Waals surface area (Å²) in [5.41, 5.74) is 2.05.